The van der Waals surface area contributed by atoms with Gasteiger partial charge in [0.1, 0.15) is 0 Å². The fourth-order valence-electron chi connectivity index (χ4n) is 2.64. The summed E-state index contributed by atoms with van der Waals surface area (Å²) >= 11 is 0. The minimum absolute atomic E-state index is 0.436. The van der Waals surface area contributed by atoms with Crippen molar-refractivity contribution in [2.75, 3.05) is 25.5 Å². The van der Waals surface area contributed by atoms with E-state index in [-0.39, 0.29) is 0 Å². The first kappa shape index (κ1) is 12.2. The third kappa shape index (κ3) is 2.36. The van der Waals surface area contributed by atoms with Crippen molar-refractivity contribution in [3.63, 3.8) is 0 Å². The Morgan fingerprint density at radius 3 is 3.00 bits per heavy atom. The van der Waals surface area contributed by atoms with Gasteiger partial charge in [0.05, 0.1) is 18.2 Å². The van der Waals surface area contributed by atoms with Gasteiger partial charge in [-0.3, -0.25) is 0 Å². The van der Waals surface area contributed by atoms with Gasteiger partial charge in [-0.1, -0.05) is 6.07 Å². The third-order valence-electron chi connectivity index (χ3n) is 3.71. The van der Waals surface area contributed by atoms with Crippen molar-refractivity contribution in [1.29, 1.82) is 0 Å². The maximum atomic E-state index is 4.33. The molecular formula is C15H20N4. The highest BCUT2D eigenvalue weighted by Crippen LogP contribution is 2.26. The lowest BCUT2D eigenvalue weighted by Gasteiger charge is -2.17. The van der Waals surface area contributed by atoms with Crippen molar-refractivity contribution in [3.8, 4) is 5.69 Å². The van der Waals surface area contributed by atoms with Gasteiger partial charge in [-0.05, 0) is 37.6 Å². The van der Waals surface area contributed by atoms with Crippen LogP contribution in [0.25, 0.3) is 5.69 Å². The van der Waals surface area contributed by atoms with Crippen molar-refractivity contribution < 1.29 is 0 Å². The zero-order valence-electron chi connectivity index (χ0n) is 11.5. The largest absolute Gasteiger partial charge is 0.378 e. The van der Waals surface area contributed by atoms with Crippen LogP contribution < -0.4 is 10.2 Å². The van der Waals surface area contributed by atoms with Gasteiger partial charge >= 0.3 is 0 Å². The molecule has 1 N–H and O–H groups in total. The summed E-state index contributed by atoms with van der Waals surface area (Å²) in [5, 5.41) is 3.54. The maximum absolute atomic E-state index is 4.33. The third-order valence-corrected chi connectivity index (χ3v) is 3.71. The first-order chi connectivity index (χ1) is 9.25. The SMILES string of the molecule is CN(C)c1cccc(-n2cncc2[C@@H]2CCCN2)c1. The van der Waals surface area contributed by atoms with E-state index >= 15 is 0 Å². The summed E-state index contributed by atoms with van der Waals surface area (Å²) < 4.78 is 2.19. The van der Waals surface area contributed by atoms with E-state index in [2.05, 4.69) is 58.1 Å². The van der Waals surface area contributed by atoms with Crippen LogP contribution in [0.4, 0.5) is 5.69 Å². The number of rotatable bonds is 3. The van der Waals surface area contributed by atoms with Crippen LogP contribution in [0.5, 0.6) is 0 Å². The zero-order chi connectivity index (χ0) is 13.2. The molecule has 1 aromatic carbocycles. The summed E-state index contributed by atoms with van der Waals surface area (Å²) in [5.41, 5.74) is 3.64. The van der Waals surface area contributed by atoms with Crippen LogP contribution in [-0.4, -0.2) is 30.2 Å². The second-order valence-corrected chi connectivity index (χ2v) is 5.25. The Morgan fingerprint density at radius 1 is 1.37 bits per heavy atom. The second kappa shape index (κ2) is 5.05. The number of anilines is 1. The second-order valence-electron chi connectivity index (χ2n) is 5.25. The molecular weight excluding hydrogens is 236 g/mol. The van der Waals surface area contributed by atoms with Gasteiger partial charge in [0.15, 0.2) is 0 Å². The van der Waals surface area contributed by atoms with Gasteiger partial charge in [0, 0.05) is 31.5 Å². The average Bonchev–Trinajstić information content (AvgIpc) is 3.09. The monoisotopic (exact) mass is 256 g/mol. The molecule has 100 valence electrons. The average molecular weight is 256 g/mol. The van der Waals surface area contributed by atoms with Gasteiger partial charge < -0.3 is 14.8 Å². The van der Waals surface area contributed by atoms with Crippen LogP contribution in [0.2, 0.25) is 0 Å². The topological polar surface area (TPSA) is 33.1 Å². The summed E-state index contributed by atoms with van der Waals surface area (Å²) in [6.07, 6.45) is 6.32. The van der Waals surface area contributed by atoms with E-state index in [9.17, 15) is 0 Å². The molecule has 1 atom stereocenters. The Morgan fingerprint density at radius 2 is 2.26 bits per heavy atom. The number of imidazole rings is 1. The maximum Gasteiger partial charge on any atom is 0.0994 e. The van der Waals surface area contributed by atoms with Crippen molar-refractivity contribution >= 4 is 5.69 Å². The number of nitrogens with zero attached hydrogens (tertiary/aromatic N) is 3. The molecule has 0 radical (unpaired) electrons. The van der Waals surface area contributed by atoms with E-state index in [0.717, 1.165) is 6.54 Å². The Balaban J connectivity index is 1.98. The smallest absolute Gasteiger partial charge is 0.0994 e. The standard InChI is InChI=1S/C15H20N4/c1-18(2)12-5-3-6-13(9-12)19-11-16-10-15(19)14-7-4-8-17-14/h3,5-6,9-11,14,17H,4,7-8H2,1-2H3/t14-/m0/s1. The van der Waals surface area contributed by atoms with E-state index in [1.54, 1.807) is 0 Å². The van der Waals surface area contributed by atoms with Crippen LogP contribution in [0, 0.1) is 0 Å². The Hall–Kier alpha value is -1.81. The minimum Gasteiger partial charge on any atom is -0.378 e. The first-order valence-electron chi connectivity index (χ1n) is 6.79. The highest BCUT2D eigenvalue weighted by molar-refractivity contribution is 5.52. The Labute approximate surface area is 114 Å². The molecule has 0 bridgehead atoms. The molecule has 19 heavy (non-hydrogen) atoms. The van der Waals surface area contributed by atoms with Crippen molar-refractivity contribution in [3.05, 3.63) is 42.5 Å². The minimum atomic E-state index is 0.436. The van der Waals surface area contributed by atoms with Gasteiger partial charge in [-0.15, -0.1) is 0 Å². The highest BCUT2D eigenvalue weighted by atomic mass is 15.1. The number of hydrogen-bond acceptors (Lipinski definition) is 3. The number of benzene rings is 1. The number of nitrogens with one attached hydrogen (secondary N) is 1. The number of aromatic nitrogens is 2. The fourth-order valence-corrected chi connectivity index (χ4v) is 2.64. The molecule has 1 aliphatic heterocycles. The van der Waals surface area contributed by atoms with Crippen LogP contribution in [-0.2, 0) is 0 Å². The number of hydrogen-bond donors (Lipinski definition) is 1. The Bertz CT molecular complexity index is 553. The molecule has 1 aromatic heterocycles. The predicted molar refractivity (Wildman–Crippen MR) is 77.9 cm³/mol. The zero-order valence-corrected chi connectivity index (χ0v) is 11.5. The summed E-state index contributed by atoms with van der Waals surface area (Å²) in [6.45, 7) is 1.10. The quantitative estimate of drug-likeness (QED) is 0.915. The van der Waals surface area contributed by atoms with Gasteiger partial charge in [-0.25, -0.2) is 4.98 Å². The normalized spacial score (nSPS) is 18.7. The van der Waals surface area contributed by atoms with E-state index in [1.807, 2.05) is 12.5 Å². The van der Waals surface area contributed by atoms with Gasteiger partial charge in [0.25, 0.3) is 0 Å². The molecule has 2 aromatic rings. The van der Waals surface area contributed by atoms with Crippen molar-refractivity contribution in [1.82, 2.24) is 14.9 Å². The molecule has 1 saturated heterocycles. The molecule has 2 heterocycles. The lowest BCUT2D eigenvalue weighted by atomic mass is 10.1. The fraction of sp³-hybridized carbons (Fsp3) is 0.400. The Kier molecular flexibility index (Phi) is 3.25. The van der Waals surface area contributed by atoms with E-state index < -0.39 is 0 Å². The molecule has 0 amide bonds. The van der Waals surface area contributed by atoms with Crippen LogP contribution >= 0.6 is 0 Å². The van der Waals surface area contributed by atoms with Crippen LogP contribution in [0.3, 0.4) is 0 Å². The van der Waals surface area contributed by atoms with Gasteiger partial charge in [-0.2, -0.15) is 0 Å². The lowest BCUT2D eigenvalue weighted by molar-refractivity contribution is 0.615. The molecule has 0 unspecified atom stereocenters. The van der Waals surface area contributed by atoms with E-state index in [1.165, 1.54) is 29.9 Å². The molecule has 1 fully saturated rings. The molecule has 4 nitrogen and oxygen atoms in total. The lowest BCUT2D eigenvalue weighted by Crippen LogP contribution is -2.16. The molecule has 1 aliphatic rings. The van der Waals surface area contributed by atoms with E-state index in [4.69, 9.17) is 0 Å². The molecule has 3 rings (SSSR count). The highest BCUT2D eigenvalue weighted by Gasteiger charge is 2.20. The van der Waals surface area contributed by atoms with Crippen molar-refractivity contribution in [2.24, 2.45) is 0 Å². The molecule has 4 heteroatoms. The summed E-state index contributed by atoms with van der Waals surface area (Å²) in [5.74, 6) is 0. The molecule has 0 saturated carbocycles. The van der Waals surface area contributed by atoms with E-state index in [0.29, 0.717) is 6.04 Å². The van der Waals surface area contributed by atoms with Crippen LogP contribution in [0.1, 0.15) is 24.6 Å². The molecule has 0 spiro atoms. The van der Waals surface area contributed by atoms with Gasteiger partial charge in [0.2, 0.25) is 0 Å². The summed E-state index contributed by atoms with van der Waals surface area (Å²) in [6, 6.07) is 8.98. The summed E-state index contributed by atoms with van der Waals surface area (Å²) in [7, 11) is 4.12. The van der Waals surface area contributed by atoms with Crippen LogP contribution in [0.15, 0.2) is 36.8 Å². The predicted octanol–water partition coefficient (Wildman–Crippen LogP) is 2.36. The first-order valence-corrected chi connectivity index (χ1v) is 6.79. The molecule has 0 aliphatic carbocycles. The van der Waals surface area contributed by atoms with Crippen molar-refractivity contribution in [2.45, 2.75) is 18.9 Å². The summed E-state index contributed by atoms with van der Waals surface area (Å²) in [4.78, 5) is 6.45.